The van der Waals surface area contributed by atoms with Gasteiger partial charge in [0.2, 0.25) is 0 Å². The fourth-order valence-electron chi connectivity index (χ4n) is 7.41. The van der Waals surface area contributed by atoms with Gasteiger partial charge < -0.3 is 29.7 Å². The molecular weight excluding hydrogens is 727 g/mol. The predicted octanol–water partition coefficient (Wildman–Crippen LogP) is 11.9. The zero-order chi connectivity index (χ0) is 42.4. The van der Waals surface area contributed by atoms with Gasteiger partial charge in [-0.1, -0.05) is 171 Å². The molecular formula is C46H95O9P. The molecule has 0 fully saturated rings. The van der Waals surface area contributed by atoms with E-state index in [2.05, 4.69) is 62.3 Å². The maximum Gasteiger partial charge on any atom is 0.472 e. The second-order valence-electron chi connectivity index (χ2n) is 19.4. The van der Waals surface area contributed by atoms with Crippen molar-refractivity contribution in [1.29, 1.82) is 0 Å². The lowest BCUT2D eigenvalue weighted by molar-refractivity contribution is -0.0654. The van der Waals surface area contributed by atoms with E-state index in [1.165, 1.54) is 96.3 Å². The van der Waals surface area contributed by atoms with Gasteiger partial charge in [-0.15, -0.1) is 0 Å². The van der Waals surface area contributed by atoms with E-state index < -0.39 is 38.8 Å². The maximum absolute atomic E-state index is 12.4. The van der Waals surface area contributed by atoms with Crippen LogP contribution in [-0.2, 0) is 23.1 Å². The van der Waals surface area contributed by atoms with Crippen LogP contribution in [0.1, 0.15) is 198 Å². The molecule has 0 heterocycles. The Labute approximate surface area is 346 Å². The molecule has 10 heteroatoms. The van der Waals surface area contributed by atoms with Crippen LogP contribution in [0.15, 0.2) is 0 Å². The lowest BCUT2D eigenvalue weighted by Crippen LogP contribution is -2.31. The van der Waals surface area contributed by atoms with E-state index in [1.54, 1.807) is 0 Å². The summed E-state index contributed by atoms with van der Waals surface area (Å²) in [6.45, 7) is 22.5. The van der Waals surface area contributed by atoms with Crippen LogP contribution in [0.5, 0.6) is 0 Å². The van der Waals surface area contributed by atoms with Crippen molar-refractivity contribution in [3.63, 3.8) is 0 Å². The zero-order valence-corrected chi connectivity index (χ0v) is 39.3. The molecule has 9 atom stereocenters. The van der Waals surface area contributed by atoms with E-state index in [1.807, 2.05) is 6.92 Å². The van der Waals surface area contributed by atoms with Gasteiger partial charge in [-0.05, 0) is 67.6 Å². The number of hydrogen-bond donors (Lipinski definition) is 4. The first-order valence-corrected chi connectivity index (χ1v) is 24.7. The molecule has 0 aromatic rings. The van der Waals surface area contributed by atoms with Gasteiger partial charge in [0.15, 0.2) is 0 Å². The summed E-state index contributed by atoms with van der Waals surface area (Å²) in [7, 11) is -4.48. The fraction of sp³-hybridized carbons (Fsp3) is 1.00. The molecule has 2 unspecified atom stereocenters. The molecule has 0 aromatic heterocycles. The van der Waals surface area contributed by atoms with Crippen LogP contribution in [0.2, 0.25) is 0 Å². The quantitative estimate of drug-likeness (QED) is 0.0352. The lowest BCUT2D eigenvalue weighted by Gasteiger charge is -2.26. The summed E-state index contributed by atoms with van der Waals surface area (Å²) in [5.74, 6) is 5.15. The van der Waals surface area contributed by atoms with Gasteiger partial charge in [-0.2, -0.15) is 0 Å². The fourth-order valence-corrected chi connectivity index (χ4v) is 8.20. The standard InChI is InChI=1S/C46H95O9P/c1-37(2)17-11-19-39(5)21-13-23-41(7)24-15-26-43(9)28-31-52-35-45(36-55-56(50,51)54-34-44(48)33-47)53-32-30-46(10,49)29-16-27-42(8)25-14-22-40(6)20-12-18-38(3)4/h37-45,47-49H,11-36H2,1-10H3,(H,50,51)/t39-,40-,41-,42-,43-,44+,45-,46?/m1/s1. The van der Waals surface area contributed by atoms with E-state index in [9.17, 15) is 19.7 Å². The number of hydrogen-bond acceptors (Lipinski definition) is 8. The molecule has 0 saturated carbocycles. The highest BCUT2D eigenvalue weighted by atomic mass is 31.2. The predicted molar refractivity (Wildman–Crippen MR) is 234 cm³/mol. The Balaban J connectivity index is 4.62. The first-order valence-electron chi connectivity index (χ1n) is 23.2. The van der Waals surface area contributed by atoms with Crippen molar-refractivity contribution >= 4 is 7.82 Å². The highest BCUT2D eigenvalue weighted by Gasteiger charge is 2.26. The van der Waals surface area contributed by atoms with Crippen LogP contribution < -0.4 is 0 Å². The Morgan fingerprint density at radius 1 is 0.536 bits per heavy atom. The van der Waals surface area contributed by atoms with E-state index in [4.69, 9.17) is 23.6 Å². The second kappa shape index (κ2) is 33.6. The second-order valence-corrected chi connectivity index (χ2v) is 20.8. The Morgan fingerprint density at radius 3 is 1.36 bits per heavy atom. The van der Waals surface area contributed by atoms with Crippen molar-refractivity contribution in [2.45, 2.75) is 215 Å². The van der Waals surface area contributed by atoms with Crippen molar-refractivity contribution in [1.82, 2.24) is 0 Å². The highest BCUT2D eigenvalue weighted by molar-refractivity contribution is 7.47. The molecule has 0 amide bonds. The normalized spacial score (nSPS) is 18.4. The maximum atomic E-state index is 12.4. The molecule has 0 saturated heterocycles. The summed E-state index contributed by atoms with van der Waals surface area (Å²) in [5.41, 5.74) is -0.884. The molecule has 0 aliphatic rings. The first-order chi connectivity index (χ1) is 26.3. The molecule has 0 bridgehead atoms. The molecule has 338 valence electrons. The molecule has 0 aliphatic carbocycles. The van der Waals surface area contributed by atoms with Crippen LogP contribution >= 0.6 is 7.82 Å². The molecule has 0 aromatic carbocycles. The number of phosphoric acid groups is 1. The van der Waals surface area contributed by atoms with Gasteiger partial charge in [-0.3, -0.25) is 9.05 Å². The Kier molecular flexibility index (Phi) is 33.6. The van der Waals surface area contributed by atoms with Crippen LogP contribution in [0, 0.1) is 41.4 Å². The number of rotatable bonds is 40. The Morgan fingerprint density at radius 2 is 0.929 bits per heavy atom. The summed E-state index contributed by atoms with van der Waals surface area (Å²) >= 11 is 0. The van der Waals surface area contributed by atoms with Gasteiger partial charge in [0.05, 0.1) is 32.0 Å². The molecule has 0 aliphatic heterocycles. The van der Waals surface area contributed by atoms with Gasteiger partial charge >= 0.3 is 7.82 Å². The molecule has 0 rings (SSSR count). The smallest absolute Gasteiger partial charge is 0.394 e. The summed E-state index contributed by atoms with van der Waals surface area (Å²) in [5, 5.41) is 29.6. The molecule has 4 N–H and O–H groups in total. The number of ether oxygens (including phenoxy) is 2. The van der Waals surface area contributed by atoms with Gasteiger partial charge in [-0.25, -0.2) is 4.57 Å². The van der Waals surface area contributed by atoms with E-state index in [0.29, 0.717) is 31.3 Å². The summed E-state index contributed by atoms with van der Waals surface area (Å²) in [6.07, 6.45) is 21.6. The van der Waals surface area contributed by atoms with Crippen LogP contribution in [0.4, 0.5) is 0 Å². The zero-order valence-electron chi connectivity index (χ0n) is 38.4. The summed E-state index contributed by atoms with van der Waals surface area (Å²) in [6, 6.07) is 0. The average Bonchev–Trinajstić information content (AvgIpc) is 3.10. The third-order valence-electron chi connectivity index (χ3n) is 11.7. The average molecular weight is 823 g/mol. The van der Waals surface area contributed by atoms with Crippen molar-refractivity contribution < 1.29 is 43.3 Å². The molecule has 56 heavy (non-hydrogen) atoms. The van der Waals surface area contributed by atoms with E-state index in [0.717, 1.165) is 48.9 Å². The largest absolute Gasteiger partial charge is 0.472 e. The lowest BCUT2D eigenvalue weighted by atomic mass is 9.89. The summed E-state index contributed by atoms with van der Waals surface area (Å²) < 4.78 is 34.4. The van der Waals surface area contributed by atoms with Crippen molar-refractivity contribution in [2.75, 3.05) is 39.6 Å². The van der Waals surface area contributed by atoms with Crippen molar-refractivity contribution in [3.8, 4) is 0 Å². The topological polar surface area (TPSA) is 135 Å². The minimum absolute atomic E-state index is 0.176. The van der Waals surface area contributed by atoms with Crippen molar-refractivity contribution in [3.05, 3.63) is 0 Å². The third kappa shape index (κ3) is 35.8. The van der Waals surface area contributed by atoms with Crippen molar-refractivity contribution in [2.24, 2.45) is 41.4 Å². The van der Waals surface area contributed by atoms with Crippen LogP contribution in [-0.4, -0.2) is 77.7 Å². The van der Waals surface area contributed by atoms with Gasteiger partial charge in [0.25, 0.3) is 0 Å². The Hall–Kier alpha value is -0.0900. The summed E-state index contributed by atoms with van der Waals surface area (Å²) in [4.78, 5) is 10.1. The van der Waals surface area contributed by atoms with Crippen LogP contribution in [0.25, 0.3) is 0 Å². The van der Waals surface area contributed by atoms with E-state index >= 15 is 0 Å². The molecule has 0 spiro atoms. The van der Waals surface area contributed by atoms with Crippen LogP contribution in [0.3, 0.4) is 0 Å². The van der Waals surface area contributed by atoms with Gasteiger partial charge in [0, 0.05) is 13.2 Å². The third-order valence-corrected chi connectivity index (χ3v) is 12.6. The monoisotopic (exact) mass is 823 g/mol. The SMILES string of the molecule is CC(C)CCC[C@@H](C)CCC[C@@H](C)CCC[C@@H](C)CCOC[C@H](COP(=O)(O)OC[C@@H](O)CO)OCCC(C)(O)CCC[C@H](C)CCC[C@H](C)CCCC(C)C. The molecule has 0 radical (unpaired) electrons. The first kappa shape index (κ1) is 55.9. The molecule has 9 nitrogen and oxygen atoms in total. The Bertz CT molecular complexity index is 932. The number of phosphoric ester groups is 1. The van der Waals surface area contributed by atoms with E-state index in [-0.39, 0.29) is 19.8 Å². The number of aliphatic hydroxyl groups is 3. The highest BCUT2D eigenvalue weighted by Crippen LogP contribution is 2.43. The minimum atomic E-state index is -4.48. The number of aliphatic hydroxyl groups excluding tert-OH is 2. The minimum Gasteiger partial charge on any atom is -0.394 e. The van der Waals surface area contributed by atoms with Gasteiger partial charge in [0.1, 0.15) is 12.2 Å².